The third kappa shape index (κ3) is 18.2. The standard InChI is InChI=1S/C57H76N10O18S2/c1-12-86-57(87-13-2)40-17-14-21-65(40)55(76)39-26-45(79-11)46(27-41(39)67(77)78)80-22-15-18-48(72)59-38-25-44(66(30-38)56-51(84-35(6)71)50(83-34(5)70)49(82-33(4)69)47(85-56)31-81-32(3)68)54(75)61-37-24-43(64(10)29-37)53(74)60-36-23-42(63(9)28-36)52(73)58-19-16-20-62(7)8/h23-30,40,47,49-51,56-57H,12-22,31H2,1-11H3,(H,58,73)(H,59,72)(H,60,74)(H,61,75)/t40-,47-,49-,50-,51-,56+/m1/s1. The molecule has 0 aliphatic carbocycles. The quantitative estimate of drug-likeness (QED) is 0.0125. The maximum atomic E-state index is 14.7. The monoisotopic (exact) mass is 1250 g/mol. The van der Waals surface area contributed by atoms with Gasteiger partial charge < -0.3 is 77.9 Å². The molecule has 0 saturated carbocycles. The highest BCUT2D eigenvalue weighted by Gasteiger charge is 2.53. The summed E-state index contributed by atoms with van der Waals surface area (Å²) in [7, 11) is 8.41. The fourth-order valence-electron chi connectivity index (χ4n) is 10.0. The van der Waals surface area contributed by atoms with Gasteiger partial charge in [0.15, 0.2) is 36.0 Å². The molecule has 6 rings (SSSR count). The van der Waals surface area contributed by atoms with Crippen molar-refractivity contribution in [2.45, 2.75) is 115 Å². The van der Waals surface area contributed by atoms with Gasteiger partial charge in [-0.05, 0) is 76.0 Å². The first-order valence-electron chi connectivity index (χ1n) is 28.1. The number of nitro groups is 1. The minimum atomic E-state index is -1.69. The van der Waals surface area contributed by atoms with Gasteiger partial charge in [0.25, 0.3) is 29.3 Å². The van der Waals surface area contributed by atoms with E-state index in [1.54, 1.807) is 53.3 Å². The van der Waals surface area contributed by atoms with Gasteiger partial charge in [-0.1, -0.05) is 13.8 Å². The summed E-state index contributed by atoms with van der Waals surface area (Å²) in [6.45, 7) is 9.26. The average Bonchev–Trinajstić information content (AvgIpc) is 2.14. The van der Waals surface area contributed by atoms with Crippen molar-refractivity contribution in [3.63, 3.8) is 0 Å². The summed E-state index contributed by atoms with van der Waals surface area (Å²) < 4.78 is 44.4. The molecule has 4 aromatic rings. The number of carbonyl (C=O) groups is 9. The number of esters is 4. The number of thioether (sulfide) groups is 2. The van der Waals surface area contributed by atoms with Crippen LogP contribution in [-0.2, 0) is 61.8 Å². The molecular formula is C57H76N10O18S2. The van der Waals surface area contributed by atoms with Crippen LogP contribution in [0, 0.1) is 10.1 Å². The van der Waals surface area contributed by atoms with E-state index in [-0.39, 0.29) is 75.8 Å². The van der Waals surface area contributed by atoms with Crippen molar-refractivity contribution < 1.29 is 81.2 Å². The van der Waals surface area contributed by atoms with Crippen molar-refractivity contribution in [1.29, 1.82) is 0 Å². The summed E-state index contributed by atoms with van der Waals surface area (Å²) in [5.74, 6) is -4.70. The van der Waals surface area contributed by atoms with Gasteiger partial charge in [0.2, 0.25) is 5.91 Å². The number of likely N-dealkylation sites (tertiary alicyclic amines) is 1. The van der Waals surface area contributed by atoms with Gasteiger partial charge in [0.05, 0.1) is 52.4 Å². The minimum absolute atomic E-state index is 0.0257. The highest BCUT2D eigenvalue weighted by molar-refractivity contribution is 8.17. The number of hydrogen-bond donors (Lipinski definition) is 4. The summed E-state index contributed by atoms with van der Waals surface area (Å²) in [5.41, 5.74) is -0.141. The highest BCUT2D eigenvalue weighted by atomic mass is 32.2. The number of nitrogens with one attached hydrogen (secondary N) is 4. The Morgan fingerprint density at radius 2 is 1.31 bits per heavy atom. The smallest absolute Gasteiger partial charge is 0.303 e. The Morgan fingerprint density at radius 1 is 0.736 bits per heavy atom. The van der Waals surface area contributed by atoms with E-state index in [2.05, 4.69) is 21.3 Å². The van der Waals surface area contributed by atoms with Gasteiger partial charge in [0, 0.05) is 86.0 Å². The molecule has 474 valence electrons. The van der Waals surface area contributed by atoms with Gasteiger partial charge in [-0.3, -0.25) is 53.3 Å². The molecule has 87 heavy (non-hydrogen) atoms. The molecule has 30 heteroatoms. The Bertz CT molecular complexity index is 3170. The lowest BCUT2D eigenvalue weighted by molar-refractivity contribution is -0.385. The van der Waals surface area contributed by atoms with Crippen LogP contribution in [0.1, 0.15) is 122 Å². The number of benzene rings is 1. The van der Waals surface area contributed by atoms with Crippen molar-refractivity contribution in [3.05, 3.63) is 81.7 Å². The summed E-state index contributed by atoms with van der Waals surface area (Å²) >= 11 is 3.47. The van der Waals surface area contributed by atoms with Crippen LogP contribution in [0.15, 0.2) is 48.9 Å². The van der Waals surface area contributed by atoms with E-state index >= 15 is 0 Å². The van der Waals surface area contributed by atoms with Gasteiger partial charge in [-0.15, -0.1) is 23.5 Å². The number of carbonyl (C=O) groups excluding carboxylic acids is 9. The number of ether oxygens (including phenoxy) is 7. The van der Waals surface area contributed by atoms with Crippen LogP contribution in [0.4, 0.5) is 22.7 Å². The van der Waals surface area contributed by atoms with E-state index in [0.717, 1.165) is 75.6 Å². The number of hydrogen-bond acceptors (Lipinski definition) is 21. The molecule has 0 bridgehead atoms. The Balaban J connectivity index is 1.26. The molecule has 1 aromatic carbocycles. The van der Waals surface area contributed by atoms with E-state index < -0.39 is 95.4 Å². The molecule has 5 amide bonds. The molecule has 5 heterocycles. The molecule has 2 aliphatic rings. The van der Waals surface area contributed by atoms with E-state index in [0.29, 0.717) is 24.5 Å². The minimum Gasteiger partial charge on any atom is -0.493 e. The third-order valence-corrected chi connectivity index (χ3v) is 16.5. The van der Waals surface area contributed by atoms with Crippen molar-refractivity contribution in [1.82, 2.24) is 28.8 Å². The zero-order valence-electron chi connectivity index (χ0n) is 50.5. The lowest BCUT2D eigenvalue weighted by atomic mass is 9.97. The zero-order chi connectivity index (χ0) is 63.8. The number of rotatable bonds is 29. The maximum absolute atomic E-state index is 14.7. The number of anilines is 3. The molecule has 28 nitrogen and oxygen atoms in total. The Kier molecular flexibility index (Phi) is 24.6. The second kappa shape index (κ2) is 31.5. The number of nitro benzene ring substituents is 1. The maximum Gasteiger partial charge on any atom is 0.303 e. The number of nitrogens with zero attached hydrogens (tertiary/aromatic N) is 6. The van der Waals surface area contributed by atoms with Gasteiger partial charge in [-0.2, -0.15) is 0 Å². The van der Waals surface area contributed by atoms with Gasteiger partial charge in [0.1, 0.15) is 35.4 Å². The van der Waals surface area contributed by atoms with E-state index in [9.17, 15) is 53.3 Å². The number of methoxy groups -OCH3 is 1. The Hall–Kier alpha value is -8.09. The van der Waals surface area contributed by atoms with Crippen LogP contribution in [0.25, 0.3) is 0 Å². The van der Waals surface area contributed by atoms with Crippen LogP contribution >= 0.6 is 23.5 Å². The molecule has 6 atom stereocenters. The Labute approximate surface area is 511 Å². The van der Waals surface area contributed by atoms with E-state index in [4.69, 9.17) is 33.2 Å². The van der Waals surface area contributed by atoms with Crippen LogP contribution in [-0.4, -0.2) is 182 Å². The third-order valence-electron chi connectivity index (χ3n) is 13.7. The summed E-state index contributed by atoms with van der Waals surface area (Å²) in [6, 6.07) is 6.45. The Morgan fingerprint density at radius 3 is 1.89 bits per heavy atom. The first-order chi connectivity index (χ1) is 41.3. The topological polar surface area (TPSA) is 331 Å². The van der Waals surface area contributed by atoms with Crippen molar-refractivity contribution in [3.8, 4) is 11.5 Å². The van der Waals surface area contributed by atoms with Crippen LogP contribution in [0.3, 0.4) is 0 Å². The summed E-state index contributed by atoms with van der Waals surface area (Å²) in [5, 5.41) is 23.6. The SMILES string of the molecule is CCSC(SCC)[C@H]1CCCN1C(=O)c1cc(OC)c(OCCCC(=O)Nc2cc(C(=O)Nc3cc(C(=O)Nc4cc(C(=O)NCCCN(C)C)n(C)c4)n(C)c3)n([C@H]3O[C@H](COC(C)=O)[C@@H](OC(C)=O)[C@@H](OC(C)=O)[C@H]3OC(C)=O)c2)cc1[N+](=O)[O-]. The lowest BCUT2D eigenvalue weighted by Gasteiger charge is -2.45. The first kappa shape index (κ1) is 68.0. The van der Waals surface area contributed by atoms with Crippen LogP contribution in [0.2, 0.25) is 0 Å². The molecule has 0 radical (unpaired) electrons. The van der Waals surface area contributed by atoms with Crippen molar-refractivity contribution in [2.24, 2.45) is 14.1 Å². The predicted molar refractivity (Wildman–Crippen MR) is 321 cm³/mol. The normalized spacial score (nSPS) is 18.1. The van der Waals surface area contributed by atoms with Crippen molar-refractivity contribution in [2.75, 3.05) is 81.5 Å². The van der Waals surface area contributed by atoms with E-state index in [1.807, 2.05) is 32.8 Å². The molecule has 4 N–H and O–H groups in total. The fourth-order valence-corrected chi connectivity index (χ4v) is 12.9. The number of aromatic nitrogens is 3. The highest BCUT2D eigenvalue weighted by Crippen LogP contribution is 2.41. The van der Waals surface area contributed by atoms with Gasteiger partial charge in [-0.25, -0.2) is 0 Å². The summed E-state index contributed by atoms with van der Waals surface area (Å²) in [4.78, 5) is 135. The molecular weight excluding hydrogens is 1180 g/mol. The summed E-state index contributed by atoms with van der Waals surface area (Å²) in [6.07, 6.45) is -1.66. The van der Waals surface area contributed by atoms with Crippen molar-refractivity contribution >= 4 is 99.7 Å². The van der Waals surface area contributed by atoms with Crippen LogP contribution < -0.4 is 30.7 Å². The average molecular weight is 1250 g/mol. The van der Waals surface area contributed by atoms with Crippen LogP contribution in [0.5, 0.6) is 11.5 Å². The predicted octanol–water partition coefficient (Wildman–Crippen LogP) is 5.76. The number of aryl methyl sites for hydroxylation is 2. The fraction of sp³-hybridized carbons (Fsp3) is 0.526. The molecule has 3 aromatic heterocycles. The molecule has 2 fully saturated rings. The van der Waals surface area contributed by atoms with Gasteiger partial charge >= 0.3 is 23.9 Å². The number of amides is 5. The first-order valence-corrected chi connectivity index (χ1v) is 30.2. The largest absolute Gasteiger partial charge is 0.493 e. The zero-order valence-corrected chi connectivity index (χ0v) is 52.1. The second-order valence-electron chi connectivity index (χ2n) is 20.6. The van der Waals surface area contributed by atoms with E-state index in [1.165, 1.54) is 48.3 Å². The molecule has 0 unspecified atom stereocenters. The second-order valence-corrected chi connectivity index (χ2v) is 23.8. The molecule has 2 aliphatic heterocycles. The molecule has 0 spiro atoms. The molecule has 2 saturated heterocycles. The lowest BCUT2D eigenvalue weighted by Crippen LogP contribution is -2.60.